The fourth-order valence-electron chi connectivity index (χ4n) is 4.73. The number of rotatable bonds is 5. The molecule has 0 saturated carbocycles. The highest BCUT2D eigenvalue weighted by Gasteiger charge is 2.28. The molecule has 7 nitrogen and oxygen atoms in total. The summed E-state index contributed by atoms with van der Waals surface area (Å²) in [5, 5.41) is 4.23. The van der Waals surface area contributed by atoms with Crippen LogP contribution in [0.4, 0.5) is 19.4 Å². The molecule has 0 radical (unpaired) electrons. The van der Waals surface area contributed by atoms with E-state index in [1.165, 1.54) is 27.3 Å². The lowest BCUT2D eigenvalue weighted by Gasteiger charge is -2.34. The molecule has 0 spiro atoms. The minimum Gasteiger partial charge on any atom is -0.444 e. The Balaban J connectivity index is 0.00000189. The van der Waals surface area contributed by atoms with Crippen LogP contribution in [0, 0.1) is 11.6 Å². The molecular formula is C30H34F2IN5O2S. The van der Waals surface area contributed by atoms with Gasteiger partial charge in [-0.05, 0) is 69.5 Å². The number of hydrogen-bond donors (Lipinski definition) is 1. The van der Waals surface area contributed by atoms with E-state index >= 15 is 0 Å². The Hall–Kier alpha value is -2.93. The highest BCUT2D eigenvalue weighted by atomic mass is 127. The van der Waals surface area contributed by atoms with Crippen LogP contribution in [0.2, 0.25) is 0 Å². The lowest BCUT2D eigenvalue weighted by atomic mass is 10.0. The van der Waals surface area contributed by atoms with Crippen LogP contribution in [0.25, 0.3) is 33.4 Å². The van der Waals surface area contributed by atoms with Gasteiger partial charge in [0.25, 0.3) is 0 Å². The van der Waals surface area contributed by atoms with Gasteiger partial charge in [0.05, 0.1) is 11.1 Å². The minimum atomic E-state index is -0.617. The number of halogens is 3. The number of likely N-dealkylation sites (tertiary alicyclic amines) is 1. The maximum Gasteiger partial charge on any atom is 0.410 e. The summed E-state index contributed by atoms with van der Waals surface area (Å²) in [7, 11) is 1.48. The third-order valence-corrected chi connectivity index (χ3v) is 8.14. The van der Waals surface area contributed by atoms with E-state index in [2.05, 4.69) is 31.5 Å². The van der Waals surface area contributed by atoms with Crippen LogP contribution in [0.3, 0.4) is 0 Å². The summed E-state index contributed by atoms with van der Waals surface area (Å²) >= 11 is 2.19. The molecule has 0 bridgehead atoms. The van der Waals surface area contributed by atoms with E-state index in [-0.39, 0.29) is 17.7 Å². The van der Waals surface area contributed by atoms with Crippen LogP contribution in [-0.2, 0) is 4.74 Å². The van der Waals surface area contributed by atoms with Crippen molar-refractivity contribution >= 4 is 53.1 Å². The van der Waals surface area contributed by atoms with E-state index in [1.807, 2.05) is 50.9 Å². The second-order valence-electron chi connectivity index (χ2n) is 10.4. The van der Waals surface area contributed by atoms with E-state index in [0.29, 0.717) is 30.3 Å². The summed E-state index contributed by atoms with van der Waals surface area (Å²) in [5.74, 6) is -0.113. The van der Waals surface area contributed by atoms with Gasteiger partial charge in [0, 0.05) is 72.8 Å². The molecule has 2 aromatic carbocycles. The summed E-state index contributed by atoms with van der Waals surface area (Å²) in [4.78, 5) is 23.6. The van der Waals surface area contributed by atoms with Crippen LogP contribution in [0.1, 0.15) is 47.5 Å². The van der Waals surface area contributed by atoms with Crippen LogP contribution in [0.15, 0.2) is 54.9 Å². The molecule has 3 heterocycles. The second-order valence-corrected chi connectivity index (χ2v) is 12.2. The number of carbonyl (C=O) groups excluding carboxylic acids is 1. The van der Waals surface area contributed by atoms with Crippen molar-refractivity contribution in [3.05, 3.63) is 66.5 Å². The number of hydrogen-bond acceptors (Lipinski definition) is 6. The maximum atomic E-state index is 14.5. The fraction of sp³-hybridized carbons (Fsp3) is 0.367. The number of benzene rings is 2. The number of nitrogens with one attached hydrogen (secondary N) is 1. The van der Waals surface area contributed by atoms with Gasteiger partial charge in [0.15, 0.2) is 5.82 Å². The van der Waals surface area contributed by atoms with Crippen LogP contribution < -0.4 is 5.32 Å². The molecule has 11 heteroatoms. The van der Waals surface area contributed by atoms with Gasteiger partial charge in [-0.15, -0.1) is 0 Å². The zero-order chi connectivity index (χ0) is 29.7. The average Bonchev–Trinajstić information content (AvgIpc) is 3.32. The van der Waals surface area contributed by atoms with Crippen LogP contribution in [-0.4, -0.2) is 49.7 Å². The molecule has 218 valence electrons. The van der Waals surface area contributed by atoms with Gasteiger partial charge >= 0.3 is 6.09 Å². The third-order valence-electron chi connectivity index (χ3n) is 6.42. The van der Waals surface area contributed by atoms with Gasteiger partial charge in [0.2, 0.25) is 0 Å². The minimum absolute atomic E-state index is 0.0101. The quantitative estimate of drug-likeness (QED) is 0.211. The molecule has 4 aromatic rings. The van der Waals surface area contributed by atoms with Crippen molar-refractivity contribution in [2.45, 2.75) is 59.1 Å². The Morgan fingerprint density at radius 1 is 1.15 bits per heavy atom. The molecule has 41 heavy (non-hydrogen) atoms. The first-order chi connectivity index (χ1) is 19.6. The predicted molar refractivity (Wildman–Crippen MR) is 171 cm³/mol. The SMILES string of the molecule is CC.CC(C)(C)OC(=O)N1CCCC(Nc2ccnc(-c3cn(SI)c4ccc(-c5c(F)cccc5F)cc34)n2)C1. The second kappa shape index (κ2) is 13.4. The van der Waals surface area contributed by atoms with Crippen molar-refractivity contribution in [2.24, 2.45) is 0 Å². The van der Waals surface area contributed by atoms with Gasteiger partial charge in [-0.1, -0.05) is 26.0 Å². The Bertz CT molecular complexity index is 1500. The molecule has 1 unspecified atom stereocenters. The van der Waals surface area contributed by atoms with Crippen LogP contribution in [0.5, 0.6) is 0 Å². The lowest BCUT2D eigenvalue weighted by molar-refractivity contribution is 0.0206. The zero-order valence-corrected chi connectivity index (χ0v) is 26.7. The Morgan fingerprint density at radius 2 is 1.88 bits per heavy atom. The van der Waals surface area contributed by atoms with E-state index in [0.717, 1.165) is 29.3 Å². The fourth-order valence-corrected chi connectivity index (χ4v) is 6.09. The summed E-state index contributed by atoms with van der Waals surface area (Å²) in [6.45, 7) is 10.7. The van der Waals surface area contributed by atoms with Gasteiger partial charge < -0.3 is 15.0 Å². The van der Waals surface area contributed by atoms with Crippen LogP contribution >= 0.6 is 30.3 Å². The van der Waals surface area contributed by atoms with Gasteiger partial charge in [-0.3, -0.25) is 3.97 Å². The summed E-state index contributed by atoms with van der Waals surface area (Å²) < 4.78 is 36.6. The number of fused-ring (bicyclic) bond motifs is 1. The van der Waals surface area contributed by atoms with E-state index in [9.17, 15) is 13.6 Å². The first-order valence-electron chi connectivity index (χ1n) is 13.6. The number of carbonyl (C=O) groups is 1. The molecule has 1 amide bonds. The predicted octanol–water partition coefficient (Wildman–Crippen LogP) is 8.73. The van der Waals surface area contributed by atoms with Crippen molar-refractivity contribution in [1.29, 1.82) is 0 Å². The third kappa shape index (κ3) is 7.29. The smallest absolute Gasteiger partial charge is 0.410 e. The van der Waals surface area contributed by atoms with E-state index in [1.54, 1.807) is 29.3 Å². The number of ether oxygens (including phenoxy) is 1. The van der Waals surface area contributed by atoms with Gasteiger partial charge in [-0.25, -0.2) is 23.5 Å². The molecule has 1 fully saturated rings. The zero-order valence-electron chi connectivity index (χ0n) is 23.7. The lowest BCUT2D eigenvalue weighted by Crippen LogP contribution is -2.47. The number of aromatic nitrogens is 3. The van der Waals surface area contributed by atoms with E-state index in [4.69, 9.17) is 9.72 Å². The molecule has 2 aromatic heterocycles. The molecule has 0 aliphatic carbocycles. The number of nitrogens with zero attached hydrogens (tertiary/aromatic N) is 4. The summed E-state index contributed by atoms with van der Waals surface area (Å²) in [6, 6.07) is 11.0. The molecular weight excluding hydrogens is 659 g/mol. The van der Waals surface area contributed by atoms with Crippen molar-refractivity contribution < 1.29 is 18.3 Å². The normalized spacial score (nSPS) is 15.3. The van der Waals surface area contributed by atoms with Crippen molar-refractivity contribution in [3.63, 3.8) is 0 Å². The summed E-state index contributed by atoms with van der Waals surface area (Å²) in [6.07, 6.45) is 5.03. The highest BCUT2D eigenvalue weighted by Crippen LogP contribution is 2.37. The molecule has 5 rings (SSSR count). The van der Waals surface area contributed by atoms with Crippen molar-refractivity contribution in [3.8, 4) is 22.5 Å². The first kappa shape index (κ1) is 31.0. The number of anilines is 1. The first-order valence-corrected chi connectivity index (χ1v) is 16.9. The van der Waals surface area contributed by atoms with E-state index < -0.39 is 17.2 Å². The molecule has 1 aliphatic rings. The molecule has 1 N–H and O–H groups in total. The Morgan fingerprint density at radius 3 is 2.56 bits per heavy atom. The monoisotopic (exact) mass is 693 g/mol. The molecule has 1 atom stereocenters. The highest BCUT2D eigenvalue weighted by molar-refractivity contribution is 14.2. The largest absolute Gasteiger partial charge is 0.444 e. The van der Waals surface area contributed by atoms with Gasteiger partial charge in [-0.2, -0.15) is 0 Å². The standard InChI is InChI=1S/C28H28F2IN5O2S.C2H6/c1-28(2,3)38-27(37)35-13-5-6-18(15-35)33-24-11-12-32-26(34-24)20-16-36(39-31)23-10-9-17(14-19(20)23)25-21(29)7-4-8-22(25)30;1-2/h4,7-12,14,16,18H,5-6,13,15H2,1-3H3,(H,32,33,34);1-2H3. The topological polar surface area (TPSA) is 72.3 Å². The number of amides is 1. The van der Waals surface area contributed by atoms with Gasteiger partial charge in [0.1, 0.15) is 23.1 Å². The number of piperidine rings is 1. The summed E-state index contributed by atoms with van der Waals surface area (Å²) in [5.41, 5.74) is 1.45. The average molecular weight is 694 g/mol. The van der Waals surface area contributed by atoms with Crippen molar-refractivity contribution in [2.75, 3.05) is 18.4 Å². The van der Waals surface area contributed by atoms with Crippen molar-refractivity contribution in [1.82, 2.24) is 18.8 Å². The Labute approximate surface area is 255 Å². The maximum absolute atomic E-state index is 14.5. The molecule has 1 saturated heterocycles. The Kier molecular flexibility index (Phi) is 10.1. The molecule has 1 aliphatic heterocycles.